The van der Waals surface area contributed by atoms with Crippen LogP contribution in [-0.4, -0.2) is 30.6 Å². The van der Waals surface area contributed by atoms with Crippen LogP contribution >= 0.6 is 0 Å². The number of amides is 1. The van der Waals surface area contributed by atoms with E-state index >= 15 is 0 Å². The fourth-order valence-corrected chi connectivity index (χ4v) is 3.90. The van der Waals surface area contributed by atoms with E-state index in [0.29, 0.717) is 18.2 Å². The lowest BCUT2D eigenvalue weighted by Crippen LogP contribution is -2.34. The van der Waals surface area contributed by atoms with Gasteiger partial charge in [-0.3, -0.25) is 4.79 Å². The summed E-state index contributed by atoms with van der Waals surface area (Å²) in [7, 11) is 0. The summed E-state index contributed by atoms with van der Waals surface area (Å²) in [6.07, 6.45) is 2.47. The Labute approximate surface area is 178 Å². The highest BCUT2D eigenvalue weighted by atomic mass is 16.5. The van der Waals surface area contributed by atoms with Gasteiger partial charge in [0.1, 0.15) is 17.1 Å². The van der Waals surface area contributed by atoms with Gasteiger partial charge in [0.25, 0.3) is 5.91 Å². The molecule has 3 aromatic rings. The van der Waals surface area contributed by atoms with E-state index in [4.69, 9.17) is 9.72 Å². The van der Waals surface area contributed by atoms with Gasteiger partial charge in [-0.05, 0) is 49.4 Å². The number of aromatic nitrogens is 1. The molecule has 1 fully saturated rings. The van der Waals surface area contributed by atoms with Gasteiger partial charge in [-0.2, -0.15) is 0 Å². The molecule has 1 aromatic heterocycles. The molecule has 5 heteroatoms. The van der Waals surface area contributed by atoms with Gasteiger partial charge in [0, 0.05) is 25.0 Å². The number of rotatable bonds is 6. The first-order valence-electron chi connectivity index (χ1n) is 10.7. The molecule has 0 spiro atoms. The molecule has 0 unspecified atom stereocenters. The molecular formula is C25H29N3O2. The maximum atomic E-state index is 12.3. The van der Waals surface area contributed by atoms with E-state index in [1.807, 2.05) is 49.4 Å². The number of fused-ring (bicyclic) bond motifs is 1. The minimum absolute atomic E-state index is 0.0301. The van der Waals surface area contributed by atoms with Crippen LogP contribution in [0, 0.1) is 12.8 Å². The van der Waals surface area contributed by atoms with E-state index in [0.717, 1.165) is 35.4 Å². The van der Waals surface area contributed by atoms with Crippen LogP contribution in [0.2, 0.25) is 0 Å². The normalized spacial score (nSPS) is 16.5. The number of carbonyl (C=O) groups is 1. The van der Waals surface area contributed by atoms with Gasteiger partial charge in [0.2, 0.25) is 0 Å². The van der Waals surface area contributed by atoms with Crippen LogP contribution in [0.1, 0.15) is 30.9 Å². The summed E-state index contributed by atoms with van der Waals surface area (Å²) in [5.41, 5.74) is 3.08. The Balaban J connectivity index is 1.42. The Morgan fingerprint density at radius 2 is 2.00 bits per heavy atom. The molecule has 5 nitrogen and oxygen atoms in total. The average molecular weight is 404 g/mol. The molecule has 0 bridgehead atoms. The van der Waals surface area contributed by atoms with E-state index < -0.39 is 0 Å². The van der Waals surface area contributed by atoms with E-state index in [2.05, 4.69) is 29.3 Å². The number of nitrogens with one attached hydrogen (secondary N) is 1. The number of pyridine rings is 1. The molecule has 0 radical (unpaired) electrons. The molecule has 1 saturated heterocycles. The molecule has 1 aliphatic heterocycles. The standard InChI is InChI=1S/C25H29N3O2/c1-18-8-10-20(11-9-18)15-26-24(29)17-30-22-7-3-6-21-12-13-23(27-25(21)22)28-14-4-5-19(2)16-28/h3,6-13,19H,4-5,14-17H2,1-2H3,(H,26,29)/t19-/m0/s1. The number of ether oxygens (including phenoxy) is 1. The molecule has 1 amide bonds. The van der Waals surface area contributed by atoms with Gasteiger partial charge in [-0.25, -0.2) is 4.98 Å². The number of para-hydroxylation sites is 1. The van der Waals surface area contributed by atoms with E-state index in [1.165, 1.54) is 18.4 Å². The first-order chi connectivity index (χ1) is 14.6. The third kappa shape index (κ3) is 4.90. The molecular weight excluding hydrogens is 374 g/mol. The summed E-state index contributed by atoms with van der Waals surface area (Å²) >= 11 is 0. The maximum Gasteiger partial charge on any atom is 0.258 e. The summed E-state index contributed by atoms with van der Waals surface area (Å²) in [5.74, 6) is 2.16. The van der Waals surface area contributed by atoms with Gasteiger partial charge in [-0.15, -0.1) is 0 Å². The lowest BCUT2D eigenvalue weighted by Gasteiger charge is -2.32. The van der Waals surface area contributed by atoms with Crippen LogP contribution < -0.4 is 15.0 Å². The predicted octanol–water partition coefficient (Wildman–Crippen LogP) is 4.47. The Morgan fingerprint density at radius 3 is 2.80 bits per heavy atom. The second-order valence-electron chi connectivity index (χ2n) is 8.24. The molecule has 2 heterocycles. The number of hydrogen-bond donors (Lipinski definition) is 1. The minimum Gasteiger partial charge on any atom is -0.481 e. The number of aryl methyl sites for hydroxylation is 1. The summed E-state index contributed by atoms with van der Waals surface area (Å²) in [6, 6.07) is 18.1. The molecule has 0 aliphatic carbocycles. The summed E-state index contributed by atoms with van der Waals surface area (Å²) in [6.45, 7) is 6.87. The number of hydrogen-bond acceptors (Lipinski definition) is 4. The van der Waals surface area contributed by atoms with E-state index in [9.17, 15) is 4.79 Å². The first kappa shape index (κ1) is 20.2. The molecule has 1 atom stereocenters. The highest BCUT2D eigenvalue weighted by Gasteiger charge is 2.18. The van der Waals surface area contributed by atoms with Crippen molar-refractivity contribution in [2.24, 2.45) is 5.92 Å². The molecule has 2 aromatic carbocycles. The third-order valence-corrected chi connectivity index (χ3v) is 5.62. The third-order valence-electron chi connectivity index (χ3n) is 5.62. The number of nitrogens with zero attached hydrogens (tertiary/aromatic N) is 2. The van der Waals surface area contributed by atoms with Crippen molar-refractivity contribution in [3.63, 3.8) is 0 Å². The maximum absolute atomic E-state index is 12.3. The van der Waals surface area contributed by atoms with Crippen molar-refractivity contribution in [1.82, 2.24) is 10.3 Å². The first-order valence-corrected chi connectivity index (χ1v) is 10.7. The van der Waals surface area contributed by atoms with E-state index in [1.54, 1.807) is 0 Å². The molecule has 1 aliphatic rings. The van der Waals surface area contributed by atoms with E-state index in [-0.39, 0.29) is 12.5 Å². The smallest absolute Gasteiger partial charge is 0.258 e. The minimum atomic E-state index is -0.145. The number of anilines is 1. The molecule has 30 heavy (non-hydrogen) atoms. The van der Waals surface area contributed by atoms with Gasteiger partial charge >= 0.3 is 0 Å². The monoisotopic (exact) mass is 403 g/mol. The Hall–Kier alpha value is -3.08. The lowest BCUT2D eigenvalue weighted by molar-refractivity contribution is -0.123. The van der Waals surface area contributed by atoms with Gasteiger partial charge in [0.15, 0.2) is 6.61 Å². The van der Waals surface area contributed by atoms with Crippen LogP contribution in [0.4, 0.5) is 5.82 Å². The molecule has 156 valence electrons. The molecule has 1 N–H and O–H groups in total. The van der Waals surface area contributed by atoms with Crippen molar-refractivity contribution in [2.45, 2.75) is 33.2 Å². The van der Waals surface area contributed by atoms with Crippen LogP contribution in [0.5, 0.6) is 5.75 Å². The summed E-state index contributed by atoms with van der Waals surface area (Å²) < 4.78 is 5.86. The van der Waals surface area contributed by atoms with Crippen LogP contribution in [0.3, 0.4) is 0 Å². The zero-order chi connectivity index (χ0) is 20.9. The molecule has 4 rings (SSSR count). The van der Waals surface area contributed by atoms with Crippen LogP contribution in [0.15, 0.2) is 54.6 Å². The highest BCUT2D eigenvalue weighted by Crippen LogP contribution is 2.28. The topological polar surface area (TPSA) is 54.5 Å². The largest absolute Gasteiger partial charge is 0.481 e. The fraction of sp³-hybridized carbons (Fsp3) is 0.360. The molecule has 0 saturated carbocycles. The Kier molecular flexibility index (Phi) is 6.17. The lowest BCUT2D eigenvalue weighted by atomic mass is 10.0. The SMILES string of the molecule is Cc1ccc(CNC(=O)COc2cccc3ccc(N4CCC[C@H](C)C4)nc23)cc1. The highest BCUT2D eigenvalue weighted by molar-refractivity contribution is 5.86. The zero-order valence-electron chi connectivity index (χ0n) is 17.7. The quantitative estimate of drug-likeness (QED) is 0.660. The summed E-state index contributed by atoms with van der Waals surface area (Å²) in [4.78, 5) is 19.5. The fourth-order valence-electron chi connectivity index (χ4n) is 3.90. The van der Waals surface area contributed by atoms with Gasteiger partial charge < -0.3 is 15.0 Å². The van der Waals surface area contributed by atoms with Crippen molar-refractivity contribution in [1.29, 1.82) is 0 Å². The van der Waals surface area contributed by atoms with Crippen LogP contribution in [-0.2, 0) is 11.3 Å². The number of benzene rings is 2. The number of carbonyl (C=O) groups excluding carboxylic acids is 1. The second kappa shape index (κ2) is 9.16. The van der Waals surface area contributed by atoms with Crippen molar-refractivity contribution in [3.8, 4) is 5.75 Å². The average Bonchev–Trinajstić information content (AvgIpc) is 2.77. The Bertz CT molecular complexity index is 1020. The van der Waals surface area contributed by atoms with Crippen molar-refractivity contribution >= 4 is 22.6 Å². The van der Waals surface area contributed by atoms with Crippen molar-refractivity contribution < 1.29 is 9.53 Å². The van der Waals surface area contributed by atoms with Gasteiger partial charge in [-0.1, -0.05) is 48.9 Å². The second-order valence-corrected chi connectivity index (χ2v) is 8.24. The zero-order valence-corrected chi connectivity index (χ0v) is 17.7. The summed E-state index contributed by atoms with van der Waals surface area (Å²) in [5, 5.41) is 3.93. The van der Waals surface area contributed by atoms with Crippen molar-refractivity contribution in [3.05, 3.63) is 65.7 Å². The van der Waals surface area contributed by atoms with Gasteiger partial charge in [0.05, 0.1) is 0 Å². The van der Waals surface area contributed by atoms with Crippen LogP contribution in [0.25, 0.3) is 10.9 Å². The predicted molar refractivity (Wildman–Crippen MR) is 121 cm³/mol. The number of piperidine rings is 1. The Morgan fingerprint density at radius 1 is 1.17 bits per heavy atom. The van der Waals surface area contributed by atoms with Crippen molar-refractivity contribution in [2.75, 3.05) is 24.6 Å².